The third kappa shape index (κ3) is 6.93. The van der Waals surface area contributed by atoms with Crippen LogP contribution in [0.2, 0.25) is 0 Å². The van der Waals surface area contributed by atoms with Crippen LogP contribution >= 0.6 is 0 Å². The van der Waals surface area contributed by atoms with E-state index in [1.54, 1.807) is 24.3 Å². The van der Waals surface area contributed by atoms with E-state index in [1.165, 1.54) is 0 Å². The summed E-state index contributed by atoms with van der Waals surface area (Å²) in [4.78, 5) is 0. The summed E-state index contributed by atoms with van der Waals surface area (Å²) in [6, 6.07) is 6.83. The maximum absolute atomic E-state index is 12.0. The SMILES string of the molecule is CCCCCCS(=O)(=O)Nc1cccc(C(O)CCN)c1. The fourth-order valence-electron chi connectivity index (χ4n) is 2.08. The van der Waals surface area contributed by atoms with Gasteiger partial charge in [-0.05, 0) is 37.1 Å². The molecule has 0 saturated carbocycles. The Morgan fingerprint density at radius 3 is 2.71 bits per heavy atom. The number of anilines is 1. The Morgan fingerprint density at radius 2 is 2.05 bits per heavy atom. The normalized spacial score (nSPS) is 13.1. The second-order valence-corrected chi connectivity index (χ2v) is 7.04. The third-order valence-electron chi connectivity index (χ3n) is 3.25. The zero-order valence-electron chi connectivity index (χ0n) is 12.6. The summed E-state index contributed by atoms with van der Waals surface area (Å²) < 4.78 is 26.5. The molecule has 1 rings (SSSR count). The van der Waals surface area contributed by atoms with E-state index in [2.05, 4.69) is 11.6 Å². The van der Waals surface area contributed by atoms with Crippen molar-refractivity contribution in [2.45, 2.75) is 45.1 Å². The molecule has 1 aromatic rings. The minimum Gasteiger partial charge on any atom is -0.388 e. The van der Waals surface area contributed by atoms with Gasteiger partial charge in [0.25, 0.3) is 0 Å². The van der Waals surface area contributed by atoms with Gasteiger partial charge in [-0.25, -0.2) is 8.42 Å². The van der Waals surface area contributed by atoms with E-state index in [9.17, 15) is 13.5 Å². The maximum Gasteiger partial charge on any atom is 0.232 e. The lowest BCUT2D eigenvalue weighted by Gasteiger charge is -2.12. The molecule has 0 spiro atoms. The molecule has 21 heavy (non-hydrogen) atoms. The van der Waals surface area contributed by atoms with Crippen molar-refractivity contribution in [1.29, 1.82) is 0 Å². The molecule has 1 unspecified atom stereocenters. The van der Waals surface area contributed by atoms with Crippen molar-refractivity contribution in [3.05, 3.63) is 29.8 Å². The number of benzene rings is 1. The first-order valence-electron chi connectivity index (χ1n) is 7.47. The van der Waals surface area contributed by atoms with Gasteiger partial charge in [0.15, 0.2) is 0 Å². The number of nitrogens with one attached hydrogen (secondary N) is 1. The molecule has 0 aliphatic carbocycles. The van der Waals surface area contributed by atoms with Gasteiger partial charge in [-0.2, -0.15) is 0 Å². The van der Waals surface area contributed by atoms with E-state index in [4.69, 9.17) is 5.73 Å². The molecule has 1 atom stereocenters. The van der Waals surface area contributed by atoms with E-state index < -0.39 is 16.1 Å². The van der Waals surface area contributed by atoms with Gasteiger partial charge in [0.1, 0.15) is 0 Å². The van der Waals surface area contributed by atoms with Gasteiger partial charge < -0.3 is 10.8 Å². The highest BCUT2D eigenvalue weighted by atomic mass is 32.2. The zero-order chi connectivity index (χ0) is 15.7. The fraction of sp³-hybridized carbons (Fsp3) is 0.600. The predicted octanol–water partition coefficient (Wildman–Crippen LogP) is 2.39. The molecule has 0 fully saturated rings. The van der Waals surface area contributed by atoms with Gasteiger partial charge >= 0.3 is 0 Å². The quantitative estimate of drug-likeness (QED) is 0.578. The number of sulfonamides is 1. The van der Waals surface area contributed by atoms with E-state index in [-0.39, 0.29) is 5.75 Å². The summed E-state index contributed by atoms with van der Waals surface area (Å²) in [6.07, 6.45) is 3.51. The van der Waals surface area contributed by atoms with Crippen LogP contribution in [0.15, 0.2) is 24.3 Å². The molecule has 6 heteroatoms. The summed E-state index contributed by atoms with van der Waals surface area (Å²) in [5.74, 6) is 0.128. The second-order valence-electron chi connectivity index (χ2n) is 5.20. The van der Waals surface area contributed by atoms with Crippen LogP contribution in [-0.4, -0.2) is 25.8 Å². The highest BCUT2D eigenvalue weighted by Gasteiger charge is 2.12. The standard InChI is InChI=1S/C15H26N2O3S/c1-2-3-4-5-11-21(19,20)17-14-8-6-7-13(12-14)15(18)9-10-16/h6-8,12,15,17-18H,2-5,9-11,16H2,1H3. The van der Waals surface area contributed by atoms with Crippen LogP contribution in [0, 0.1) is 0 Å². The highest BCUT2D eigenvalue weighted by molar-refractivity contribution is 7.92. The Hall–Kier alpha value is -1.11. The molecule has 0 saturated heterocycles. The van der Waals surface area contributed by atoms with E-state index in [0.717, 1.165) is 19.3 Å². The number of aliphatic hydroxyl groups is 1. The molecule has 4 N–H and O–H groups in total. The Balaban J connectivity index is 2.63. The minimum absolute atomic E-state index is 0.128. The van der Waals surface area contributed by atoms with E-state index in [0.29, 0.717) is 30.6 Å². The Kier molecular flexibility index (Phi) is 7.71. The Morgan fingerprint density at radius 1 is 1.29 bits per heavy atom. The van der Waals surface area contributed by atoms with Crippen LogP contribution in [0.4, 0.5) is 5.69 Å². The van der Waals surface area contributed by atoms with Crippen LogP contribution < -0.4 is 10.5 Å². The summed E-state index contributed by atoms with van der Waals surface area (Å²) in [5.41, 5.74) is 6.57. The molecule has 5 nitrogen and oxygen atoms in total. The number of hydrogen-bond donors (Lipinski definition) is 3. The minimum atomic E-state index is -3.33. The number of aliphatic hydroxyl groups excluding tert-OH is 1. The molecular weight excluding hydrogens is 288 g/mol. The van der Waals surface area contributed by atoms with Crippen molar-refractivity contribution in [2.24, 2.45) is 5.73 Å². The monoisotopic (exact) mass is 314 g/mol. The number of unbranched alkanes of at least 4 members (excludes halogenated alkanes) is 3. The Bertz CT molecular complexity index is 517. The van der Waals surface area contributed by atoms with Gasteiger partial charge in [-0.3, -0.25) is 4.72 Å². The topological polar surface area (TPSA) is 92.4 Å². The summed E-state index contributed by atoms with van der Waals surface area (Å²) in [6.45, 7) is 2.47. The fourth-order valence-corrected chi connectivity index (χ4v) is 3.26. The van der Waals surface area contributed by atoms with Gasteiger partial charge in [-0.15, -0.1) is 0 Å². The molecule has 0 heterocycles. The molecule has 0 amide bonds. The van der Waals surface area contributed by atoms with Crippen molar-refractivity contribution in [3.63, 3.8) is 0 Å². The van der Waals surface area contributed by atoms with E-state index >= 15 is 0 Å². The predicted molar refractivity (Wildman–Crippen MR) is 86.6 cm³/mol. The lowest BCUT2D eigenvalue weighted by Crippen LogP contribution is -2.17. The van der Waals surface area contributed by atoms with Crippen molar-refractivity contribution in [1.82, 2.24) is 0 Å². The van der Waals surface area contributed by atoms with Crippen LogP contribution in [-0.2, 0) is 10.0 Å². The van der Waals surface area contributed by atoms with Crippen LogP contribution in [0.1, 0.15) is 50.7 Å². The number of nitrogens with two attached hydrogens (primary N) is 1. The zero-order valence-corrected chi connectivity index (χ0v) is 13.4. The second kappa shape index (κ2) is 9.02. The summed E-state index contributed by atoms with van der Waals surface area (Å²) in [7, 11) is -3.33. The highest BCUT2D eigenvalue weighted by Crippen LogP contribution is 2.20. The Labute approximate surface area is 127 Å². The lowest BCUT2D eigenvalue weighted by atomic mass is 10.1. The van der Waals surface area contributed by atoms with Gasteiger partial charge in [-0.1, -0.05) is 38.3 Å². The molecule has 1 aromatic carbocycles. The lowest BCUT2D eigenvalue weighted by molar-refractivity contribution is 0.170. The first-order chi connectivity index (χ1) is 9.98. The molecular formula is C15H26N2O3S. The van der Waals surface area contributed by atoms with Crippen LogP contribution in [0.3, 0.4) is 0 Å². The first-order valence-corrected chi connectivity index (χ1v) is 9.12. The van der Waals surface area contributed by atoms with Crippen molar-refractivity contribution < 1.29 is 13.5 Å². The van der Waals surface area contributed by atoms with Crippen molar-refractivity contribution >= 4 is 15.7 Å². The largest absolute Gasteiger partial charge is 0.388 e. The smallest absolute Gasteiger partial charge is 0.232 e. The molecule has 120 valence electrons. The molecule has 0 aliphatic heterocycles. The molecule has 0 radical (unpaired) electrons. The van der Waals surface area contributed by atoms with Gasteiger partial charge in [0.2, 0.25) is 10.0 Å². The third-order valence-corrected chi connectivity index (χ3v) is 4.62. The molecule has 0 aromatic heterocycles. The van der Waals surface area contributed by atoms with Crippen molar-refractivity contribution in [2.75, 3.05) is 17.0 Å². The average molecular weight is 314 g/mol. The number of rotatable bonds is 10. The van der Waals surface area contributed by atoms with E-state index in [1.807, 2.05) is 0 Å². The molecule has 0 aliphatic rings. The van der Waals surface area contributed by atoms with Crippen LogP contribution in [0.5, 0.6) is 0 Å². The maximum atomic E-state index is 12.0. The van der Waals surface area contributed by atoms with Gasteiger partial charge in [0.05, 0.1) is 11.9 Å². The first kappa shape index (κ1) is 17.9. The van der Waals surface area contributed by atoms with Crippen molar-refractivity contribution in [3.8, 4) is 0 Å². The molecule has 0 bridgehead atoms. The summed E-state index contributed by atoms with van der Waals surface area (Å²) in [5, 5.41) is 9.89. The average Bonchev–Trinajstić information content (AvgIpc) is 2.44. The van der Waals surface area contributed by atoms with Gasteiger partial charge in [0, 0.05) is 5.69 Å². The summed E-state index contributed by atoms with van der Waals surface area (Å²) >= 11 is 0. The van der Waals surface area contributed by atoms with Crippen LogP contribution in [0.25, 0.3) is 0 Å². The number of hydrogen-bond acceptors (Lipinski definition) is 4.